The molecule has 1 saturated heterocycles. The molecule has 22 heavy (non-hydrogen) atoms. The number of hydrogen-bond donors (Lipinski definition) is 0. The van der Waals surface area contributed by atoms with Crippen molar-refractivity contribution in [1.82, 2.24) is 9.78 Å². The third-order valence-electron chi connectivity index (χ3n) is 3.77. The van der Waals surface area contributed by atoms with Crippen molar-refractivity contribution in [3.8, 4) is 0 Å². The first-order valence-electron chi connectivity index (χ1n) is 7.66. The first-order valence-corrected chi connectivity index (χ1v) is 7.66. The number of esters is 1. The minimum absolute atomic E-state index is 0.0526. The number of carbonyl (C=O) groups is 1. The molecule has 1 atom stereocenters. The molecule has 1 aliphatic heterocycles. The standard InChI is InChI=1S/C17H20N2O3/c20-17(22-13-16-4-1-2-11-21-16)15-7-5-14(6-8-15)12-19-10-3-9-18-19/h3,5-10,16H,1-2,4,11-13H2. The molecule has 2 aromatic rings. The number of benzene rings is 1. The Morgan fingerprint density at radius 2 is 2.18 bits per heavy atom. The third-order valence-corrected chi connectivity index (χ3v) is 3.77. The van der Waals surface area contributed by atoms with Crippen LogP contribution in [0.4, 0.5) is 0 Å². The first kappa shape index (κ1) is 14.8. The van der Waals surface area contributed by atoms with Crippen molar-refractivity contribution in [2.75, 3.05) is 13.2 Å². The van der Waals surface area contributed by atoms with Crippen molar-refractivity contribution in [3.05, 3.63) is 53.9 Å². The Hall–Kier alpha value is -2.14. The summed E-state index contributed by atoms with van der Waals surface area (Å²) in [5.41, 5.74) is 1.66. The number of nitrogens with zero attached hydrogens (tertiary/aromatic N) is 2. The average Bonchev–Trinajstić information content (AvgIpc) is 3.07. The van der Waals surface area contributed by atoms with Gasteiger partial charge in [-0.3, -0.25) is 4.68 Å². The largest absolute Gasteiger partial charge is 0.459 e. The van der Waals surface area contributed by atoms with Gasteiger partial charge in [0.1, 0.15) is 6.61 Å². The number of hydrogen-bond acceptors (Lipinski definition) is 4. The molecule has 3 rings (SSSR count). The van der Waals surface area contributed by atoms with Crippen molar-refractivity contribution in [2.24, 2.45) is 0 Å². The lowest BCUT2D eigenvalue weighted by Crippen LogP contribution is -2.25. The topological polar surface area (TPSA) is 53.4 Å². The summed E-state index contributed by atoms with van der Waals surface area (Å²) < 4.78 is 12.7. The minimum atomic E-state index is -0.292. The monoisotopic (exact) mass is 300 g/mol. The van der Waals surface area contributed by atoms with Crippen molar-refractivity contribution in [3.63, 3.8) is 0 Å². The van der Waals surface area contributed by atoms with Crippen LogP contribution in [0.2, 0.25) is 0 Å². The predicted molar refractivity (Wildman–Crippen MR) is 81.6 cm³/mol. The maximum absolute atomic E-state index is 12.0. The van der Waals surface area contributed by atoms with Crippen LogP contribution in [0, 0.1) is 0 Å². The van der Waals surface area contributed by atoms with Gasteiger partial charge in [0.05, 0.1) is 18.2 Å². The van der Waals surface area contributed by atoms with E-state index in [0.29, 0.717) is 18.7 Å². The van der Waals surface area contributed by atoms with Crippen LogP contribution in [0.25, 0.3) is 0 Å². The molecule has 1 unspecified atom stereocenters. The van der Waals surface area contributed by atoms with Crippen molar-refractivity contribution < 1.29 is 14.3 Å². The summed E-state index contributed by atoms with van der Waals surface area (Å²) in [5.74, 6) is -0.292. The Morgan fingerprint density at radius 3 is 2.86 bits per heavy atom. The Balaban J connectivity index is 1.51. The molecule has 2 heterocycles. The zero-order chi connectivity index (χ0) is 15.2. The molecule has 0 saturated carbocycles. The molecular formula is C17H20N2O3. The molecule has 1 aromatic carbocycles. The third kappa shape index (κ3) is 3.95. The number of aromatic nitrogens is 2. The number of ether oxygens (including phenoxy) is 2. The molecule has 1 fully saturated rings. The lowest BCUT2D eigenvalue weighted by molar-refractivity contribution is -0.0300. The van der Waals surface area contributed by atoms with Gasteiger partial charge in [-0.05, 0) is 43.0 Å². The molecule has 5 heteroatoms. The Bertz CT molecular complexity index is 587. The minimum Gasteiger partial charge on any atom is -0.459 e. The SMILES string of the molecule is O=C(OCC1CCCCO1)c1ccc(Cn2cccn2)cc1. The van der Waals surface area contributed by atoms with E-state index < -0.39 is 0 Å². The molecule has 0 spiro atoms. The van der Waals surface area contributed by atoms with Gasteiger partial charge in [0.15, 0.2) is 0 Å². The summed E-state index contributed by atoms with van der Waals surface area (Å²) in [6.45, 7) is 1.80. The maximum atomic E-state index is 12.0. The Labute approximate surface area is 129 Å². The second-order valence-corrected chi connectivity index (χ2v) is 5.49. The van der Waals surface area contributed by atoms with E-state index in [4.69, 9.17) is 9.47 Å². The smallest absolute Gasteiger partial charge is 0.338 e. The molecule has 0 N–H and O–H groups in total. The summed E-state index contributed by atoms with van der Waals surface area (Å²) in [7, 11) is 0. The van der Waals surface area contributed by atoms with Crippen LogP contribution in [0.15, 0.2) is 42.7 Å². The molecule has 0 radical (unpaired) electrons. The quantitative estimate of drug-likeness (QED) is 0.797. The van der Waals surface area contributed by atoms with E-state index in [0.717, 1.165) is 31.4 Å². The van der Waals surface area contributed by atoms with Gasteiger partial charge in [-0.2, -0.15) is 5.10 Å². The fourth-order valence-corrected chi connectivity index (χ4v) is 2.52. The second kappa shape index (κ2) is 7.22. The van der Waals surface area contributed by atoms with Crippen LogP contribution < -0.4 is 0 Å². The fourth-order valence-electron chi connectivity index (χ4n) is 2.52. The summed E-state index contributed by atoms with van der Waals surface area (Å²) in [4.78, 5) is 12.0. The van der Waals surface area contributed by atoms with Gasteiger partial charge in [-0.15, -0.1) is 0 Å². The van der Waals surface area contributed by atoms with E-state index in [1.807, 2.05) is 29.1 Å². The molecular weight excluding hydrogens is 280 g/mol. The highest BCUT2D eigenvalue weighted by Gasteiger charge is 2.16. The van der Waals surface area contributed by atoms with E-state index in [2.05, 4.69) is 5.10 Å². The van der Waals surface area contributed by atoms with E-state index in [1.54, 1.807) is 18.3 Å². The summed E-state index contributed by atoms with van der Waals surface area (Å²) in [5, 5.41) is 4.16. The van der Waals surface area contributed by atoms with Crippen molar-refractivity contribution in [1.29, 1.82) is 0 Å². The predicted octanol–water partition coefficient (Wildman–Crippen LogP) is 2.66. The highest BCUT2D eigenvalue weighted by Crippen LogP contribution is 2.14. The van der Waals surface area contributed by atoms with Crippen molar-refractivity contribution >= 4 is 5.97 Å². The van der Waals surface area contributed by atoms with E-state index >= 15 is 0 Å². The summed E-state index contributed by atoms with van der Waals surface area (Å²) in [6, 6.07) is 9.33. The van der Waals surface area contributed by atoms with Crippen molar-refractivity contribution in [2.45, 2.75) is 31.9 Å². The molecule has 5 nitrogen and oxygen atoms in total. The highest BCUT2D eigenvalue weighted by atomic mass is 16.6. The molecule has 0 aliphatic carbocycles. The van der Waals surface area contributed by atoms with E-state index in [-0.39, 0.29) is 12.1 Å². The first-order chi connectivity index (χ1) is 10.8. The normalized spacial score (nSPS) is 18.1. The maximum Gasteiger partial charge on any atom is 0.338 e. The van der Waals surface area contributed by atoms with E-state index in [1.165, 1.54) is 0 Å². The van der Waals surface area contributed by atoms with Gasteiger partial charge < -0.3 is 9.47 Å². The van der Waals surface area contributed by atoms with Gasteiger partial charge in [0, 0.05) is 19.0 Å². The van der Waals surface area contributed by atoms with Crippen LogP contribution in [-0.4, -0.2) is 35.1 Å². The van der Waals surface area contributed by atoms with Gasteiger partial charge in [0.2, 0.25) is 0 Å². The highest BCUT2D eigenvalue weighted by molar-refractivity contribution is 5.89. The van der Waals surface area contributed by atoms with Crippen LogP contribution in [-0.2, 0) is 16.0 Å². The fraction of sp³-hybridized carbons (Fsp3) is 0.412. The summed E-state index contributed by atoms with van der Waals surface area (Å²) in [6.07, 6.45) is 6.92. The second-order valence-electron chi connectivity index (χ2n) is 5.49. The van der Waals surface area contributed by atoms with Gasteiger partial charge in [-0.25, -0.2) is 4.79 Å². The van der Waals surface area contributed by atoms with Gasteiger partial charge in [0.25, 0.3) is 0 Å². The van der Waals surface area contributed by atoms with E-state index in [9.17, 15) is 4.79 Å². The van der Waals surface area contributed by atoms with Gasteiger partial charge in [-0.1, -0.05) is 12.1 Å². The molecule has 1 aliphatic rings. The zero-order valence-electron chi connectivity index (χ0n) is 12.5. The lowest BCUT2D eigenvalue weighted by Gasteiger charge is -2.22. The number of carbonyl (C=O) groups excluding carboxylic acids is 1. The zero-order valence-corrected chi connectivity index (χ0v) is 12.5. The van der Waals surface area contributed by atoms with Crippen LogP contribution in [0.3, 0.4) is 0 Å². The Kier molecular flexibility index (Phi) is 4.85. The molecule has 0 bridgehead atoms. The molecule has 0 amide bonds. The van der Waals surface area contributed by atoms with Gasteiger partial charge >= 0.3 is 5.97 Å². The van der Waals surface area contributed by atoms with Crippen LogP contribution >= 0.6 is 0 Å². The summed E-state index contributed by atoms with van der Waals surface area (Å²) >= 11 is 0. The molecule has 116 valence electrons. The van der Waals surface area contributed by atoms with Crippen LogP contribution in [0.5, 0.6) is 0 Å². The Morgan fingerprint density at radius 1 is 1.32 bits per heavy atom. The lowest BCUT2D eigenvalue weighted by atomic mass is 10.1. The number of rotatable bonds is 5. The average molecular weight is 300 g/mol. The van der Waals surface area contributed by atoms with Crippen LogP contribution in [0.1, 0.15) is 35.2 Å². The molecule has 1 aromatic heterocycles.